The van der Waals surface area contributed by atoms with Crippen molar-refractivity contribution in [1.82, 2.24) is 0 Å². The Hall–Kier alpha value is -1.82. The maximum Gasteiger partial charge on any atom is 0.333 e. The normalized spacial score (nSPS) is 22.6. The summed E-state index contributed by atoms with van der Waals surface area (Å²) < 4.78 is 5.13. The number of nitrogens with two attached hydrogens (primary N) is 1. The highest BCUT2D eigenvalue weighted by molar-refractivity contribution is 5.70. The van der Waals surface area contributed by atoms with Gasteiger partial charge in [-0.1, -0.05) is 6.07 Å². The van der Waals surface area contributed by atoms with Gasteiger partial charge >= 0.3 is 5.69 Å². The van der Waals surface area contributed by atoms with Crippen molar-refractivity contribution in [2.45, 2.75) is 25.8 Å². The Bertz CT molecular complexity index is 493. The summed E-state index contributed by atoms with van der Waals surface area (Å²) >= 11 is 0. The molecule has 1 aliphatic heterocycles. The predicted octanol–water partition coefficient (Wildman–Crippen LogP) is 2.17. The number of hydrogen-bond acceptors (Lipinski definition) is 5. The highest BCUT2D eigenvalue weighted by Crippen LogP contribution is 2.39. The first-order valence-corrected chi connectivity index (χ1v) is 6.86. The second kappa shape index (κ2) is 6.09. The van der Waals surface area contributed by atoms with E-state index in [-0.39, 0.29) is 16.7 Å². The monoisotopic (exact) mass is 279 g/mol. The van der Waals surface area contributed by atoms with E-state index < -0.39 is 0 Å². The van der Waals surface area contributed by atoms with Crippen LogP contribution in [0.4, 0.5) is 11.4 Å². The lowest BCUT2D eigenvalue weighted by Gasteiger charge is -2.39. The lowest BCUT2D eigenvalue weighted by Crippen LogP contribution is -2.44. The molecule has 0 aliphatic carbocycles. The van der Waals surface area contributed by atoms with Gasteiger partial charge in [0.15, 0.2) is 5.75 Å². The van der Waals surface area contributed by atoms with Crippen LogP contribution in [0.2, 0.25) is 0 Å². The van der Waals surface area contributed by atoms with E-state index in [1.54, 1.807) is 18.2 Å². The van der Waals surface area contributed by atoms with Crippen molar-refractivity contribution in [2.75, 3.05) is 25.1 Å². The summed E-state index contributed by atoms with van der Waals surface area (Å²) in [6, 6.07) is 5.47. The van der Waals surface area contributed by atoms with Gasteiger partial charge in [0.2, 0.25) is 0 Å². The summed E-state index contributed by atoms with van der Waals surface area (Å²) in [6.07, 6.45) is 2.07. The van der Waals surface area contributed by atoms with Gasteiger partial charge in [0.25, 0.3) is 0 Å². The van der Waals surface area contributed by atoms with Gasteiger partial charge in [0.1, 0.15) is 5.69 Å². The number of hydrogen-bond donors (Lipinski definition) is 1. The van der Waals surface area contributed by atoms with Gasteiger partial charge in [-0.05, 0) is 44.4 Å². The molecule has 6 nitrogen and oxygen atoms in total. The fourth-order valence-electron chi connectivity index (χ4n) is 2.80. The Kier molecular flexibility index (Phi) is 4.44. The number of nitro groups is 1. The summed E-state index contributed by atoms with van der Waals surface area (Å²) in [5.41, 5.74) is 6.42. The molecule has 1 aromatic carbocycles. The van der Waals surface area contributed by atoms with Gasteiger partial charge in [0, 0.05) is 12.6 Å². The summed E-state index contributed by atoms with van der Waals surface area (Å²) in [4.78, 5) is 13.1. The van der Waals surface area contributed by atoms with Crippen LogP contribution in [0.15, 0.2) is 18.2 Å². The minimum Gasteiger partial charge on any atom is -0.490 e. The molecule has 1 aromatic rings. The lowest BCUT2D eigenvalue weighted by molar-refractivity contribution is -0.385. The average molecular weight is 279 g/mol. The lowest BCUT2D eigenvalue weighted by atomic mass is 9.93. The molecule has 0 radical (unpaired) electrons. The van der Waals surface area contributed by atoms with E-state index in [2.05, 4.69) is 11.8 Å². The first-order chi connectivity index (χ1) is 9.58. The van der Waals surface area contributed by atoms with Crippen LogP contribution in [-0.2, 0) is 0 Å². The van der Waals surface area contributed by atoms with Gasteiger partial charge in [0.05, 0.1) is 12.0 Å². The van der Waals surface area contributed by atoms with Crippen LogP contribution in [0.25, 0.3) is 0 Å². The number of anilines is 1. The molecule has 0 bridgehead atoms. The van der Waals surface area contributed by atoms with Gasteiger partial charge in [-0.3, -0.25) is 10.1 Å². The Balaban J connectivity index is 2.42. The van der Waals surface area contributed by atoms with E-state index in [0.29, 0.717) is 23.9 Å². The van der Waals surface area contributed by atoms with E-state index in [1.165, 1.54) is 7.11 Å². The Morgan fingerprint density at radius 3 is 2.85 bits per heavy atom. The van der Waals surface area contributed by atoms with E-state index in [9.17, 15) is 10.1 Å². The van der Waals surface area contributed by atoms with Crippen LogP contribution in [0, 0.1) is 16.0 Å². The molecule has 2 unspecified atom stereocenters. The maximum atomic E-state index is 11.4. The van der Waals surface area contributed by atoms with Crippen LogP contribution >= 0.6 is 0 Å². The van der Waals surface area contributed by atoms with Crippen molar-refractivity contribution in [3.63, 3.8) is 0 Å². The molecule has 0 aromatic heterocycles. The van der Waals surface area contributed by atoms with E-state index in [1.807, 2.05) is 0 Å². The topological polar surface area (TPSA) is 81.6 Å². The Morgan fingerprint density at radius 1 is 1.50 bits per heavy atom. The van der Waals surface area contributed by atoms with E-state index >= 15 is 0 Å². The van der Waals surface area contributed by atoms with E-state index in [4.69, 9.17) is 10.5 Å². The second-order valence-electron chi connectivity index (χ2n) is 5.27. The molecule has 2 atom stereocenters. The highest BCUT2D eigenvalue weighted by atomic mass is 16.6. The standard InChI is InChI=1S/C14H21N3O3/c1-10-6-7-11(8-15)9-16(10)12-4-3-5-13(20-2)14(12)17(18)19/h3-5,10-11H,6-9,15H2,1-2H3. The molecule has 1 heterocycles. The average Bonchev–Trinajstić information content (AvgIpc) is 2.46. The van der Waals surface area contributed by atoms with Crippen molar-refractivity contribution in [3.05, 3.63) is 28.3 Å². The van der Waals surface area contributed by atoms with Crippen molar-refractivity contribution in [1.29, 1.82) is 0 Å². The SMILES string of the molecule is COc1cccc(N2CC(CN)CCC2C)c1[N+](=O)[O-]. The predicted molar refractivity (Wildman–Crippen MR) is 78.2 cm³/mol. The molecular formula is C14H21N3O3. The number of ether oxygens (including phenoxy) is 1. The summed E-state index contributed by atoms with van der Waals surface area (Å²) in [5.74, 6) is 0.687. The van der Waals surface area contributed by atoms with Crippen molar-refractivity contribution < 1.29 is 9.66 Å². The Morgan fingerprint density at radius 2 is 2.25 bits per heavy atom. The number of piperidine rings is 1. The maximum absolute atomic E-state index is 11.4. The molecule has 2 rings (SSSR count). The number of nitrogens with zero attached hydrogens (tertiary/aromatic N) is 2. The van der Waals surface area contributed by atoms with E-state index in [0.717, 1.165) is 19.4 Å². The fourth-order valence-corrected chi connectivity index (χ4v) is 2.80. The number of benzene rings is 1. The molecular weight excluding hydrogens is 258 g/mol. The molecule has 1 fully saturated rings. The Labute approximate surface area is 118 Å². The largest absolute Gasteiger partial charge is 0.490 e. The molecule has 1 saturated heterocycles. The van der Waals surface area contributed by atoms with Gasteiger partial charge in [-0.15, -0.1) is 0 Å². The molecule has 0 amide bonds. The van der Waals surface area contributed by atoms with Crippen LogP contribution < -0.4 is 15.4 Å². The zero-order valence-electron chi connectivity index (χ0n) is 11.9. The van der Waals surface area contributed by atoms with Gasteiger partial charge < -0.3 is 15.4 Å². The second-order valence-corrected chi connectivity index (χ2v) is 5.27. The van der Waals surface area contributed by atoms with Gasteiger partial charge in [-0.25, -0.2) is 0 Å². The number of nitro benzene ring substituents is 1. The van der Waals surface area contributed by atoms with Crippen molar-refractivity contribution in [2.24, 2.45) is 11.7 Å². The molecule has 6 heteroatoms. The molecule has 2 N–H and O–H groups in total. The first kappa shape index (κ1) is 14.6. The third-order valence-corrected chi connectivity index (χ3v) is 4.00. The van der Waals surface area contributed by atoms with Crippen LogP contribution in [-0.4, -0.2) is 31.2 Å². The zero-order valence-corrected chi connectivity index (χ0v) is 11.9. The third kappa shape index (κ3) is 2.70. The number of para-hydroxylation sites is 1. The molecule has 1 aliphatic rings. The minimum absolute atomic E-state index is 0.0412. The summed E-state index contributed by atoms with van der Waals surface area (Å²) in [6.45, 7) is 3.46. The minimum atomic E-state index is -0.368. The zero-order chi connectivity index (χ0) is 14.7. The third-order valence-electron chi connectivity index (χ3n) is 4.00. The van der Waals surface area contributed by atoms with Crippen LogP contribution in [0.1, 0.15) is 19.8 Å². The van der Waals surface area contributed by atoms with Crippen LogP contribution in [0.3, 0.4) is 0 Å². The highest BCUT2D eigenvalue weighted by Gasteiger charge is 2.31. The molecule has 110 valence electrons. The first-order valence-electron chi connectivity index (χ1n) is 6.86. The molecule has 0 spiro atoms. The van der Waals surface area contributed by atoms with Crippen molar-refractivity contribution >= 4 is 11.4 Å². The molecule has 20 heavy (non-hydrogen) atoms. The summed E-state index contributed by atoms with van der Waals surface area (Å²) in [5, 5.41) is 11.4. The van der Waals surface area contributed by atoms with Crippen LogP contribution in [0.5, 0.6) is 5.75 Å². The van der Waals surface area contributed by atoms with Crippen molar-refractivity contribution in [3.8, 4) is 5.75 Å². The number of methoxy groups -OCH3 is 1. The number of rotatable bonds is 4. The van der Waals surface area contributed by atoms with Gasteiger partial charge in [-0.2, -0.15) is 0 Å². The molecule has 0 saturated carbocycles. The quantitative estimate of drug-likeness (QED) is 0.674. The summed E-state index contributed by atoms with van der Waals surface area (Å²) in [7, 11) is 1.45. The fraction of sp³-hybridized carbons (Fsp3) is 0.571. The smallest absolute Gasteiger partial charge is 0.333 e.